The van der Waals surface area contributed by atoms with E-state index in [4.69, 9.17) is 22.2 Å². The first kappa shape index (κ1) is 12.5. The Morgan fingerprint density at radius 2 is 1.89 bits per heavy atom. The summed E-state index contributed by atoms with van der Waals surface area (Å²) in [7, 11) is 1.51. The first-order chi connectivity index (χ1) is 8.72. The number of nitrogens with zero attached hydrogens (tertiary/aromatic N) is 1. The van der Waals surface area contributed by atoms with Crippen LogP contribution >= 0.6 is 11.6 Å². The molecule has 0 radical (unpaired) electrons. The highest BCUT2D eigenvalue weighted by Crippen LogP contribution is 2.21. The summed E-state index contributed by atoms with van der Waals surface area (Å²) in [6, 6.07) is 15.0. The van der Waals surface area contributed by atoms with Crippen molar-refractivity contribution in [2.45, 2.75) is 0 Å². The summed E-state index contributed by atoms with van der Waals surface area (Å²) in [5.74, 6) is 0. The van der Waals surface area contributed by atoms with Crippen molar-refractivity contribution in [3.63, 3.8) is 0 Å². The first-order valence-electron chi connectivity index (χ1n) is 5.44. The highest BCUT2D eigenvalue weighted by Gasteiger charge is 2.11. The lowest BCUT2D eigenvalue weighted by Gasteiger charge is -2.09. The van der Waals surface area contributed by atoms with Crippen LogP contribution in [0.2, 0.25) is 5.02 Å². The van der Waals surface area contributed by atoms with Crippen molar-refractivity contribution < 1.29 is 4.84 Å². The Kier molecular flexibility index (Phi) is 3.85. The van der Waals surface area contributed by atoms with E-state index >= 15 is 0 Å². The predicted molar refractivity (Wildman–Crippen MR) is 75.0 cm³/mol. The molecule has 0 aromatic heterocycles. The number of anilines is 1. The van der Waals surface area contributed by atoms with Crippen LogP contribution in [0.4, 0.5) is 5.69 Å². The fourth-order valence-corrected chi connectivity index (χ4v) is 1.87. The molecule has 2 rings (SSSR count). The van der Waals surface area contributed by atoms with E-state index in [-0.39, 0.29) is 0 Å². The van der Waals surface area contributed by atoms with Gasteiger partial charge in [-0.25, -0.2) is 0 Å². The Bertz CT molecular complexity index is 567. The SMILES string of the molecule is CO/N=C(\c1ccccc1)c1ccc(Cl)cc1N. The molecule has 0 unspecified atom stereocenters. The van der Waals surface area contributed by atoms with Crippen LogP contribution in [-0.4, -0.2) is 12.8 Å². The molecule has 2 aromatic carbocycles. The van der Waals surface area contributed by atoms with Gasteiger partial charge in [-0.1, -0.05) is 47.1 Å². The van der Waals surface area contributed by atoms with E-state index in [2.05, 4.69) is 5.16 Å². The molecule has 0 atom stereocenters. The van der Waals surface area contributed by atoms with Crippen LogP contribution < -0.4 is 5.73 Å². The zero-order chi connectivity index (χ0) is 13.0. The van der Waals surface area contributed by atoms with Crippen molar-refractivity contribution in [2.24, 2.45) is 5.16 Å². The van der Waals surface area contributed by atoms with E-state index in [0.717, 1.165) is 11.1 Å². The van der Waals surface area contributed by atoms with Crippen molar-refractivity contribution in [3.05, 3.63) is 64.7 Å². The molecule has 18 heavy (non-hydrogen) atoms. The van der Waals surface area contributed by atoms with E-state index < -0.39 is 0 Å². The van der Waals surface area contributed by atoms with Gasteiger partial charge in [0.25, 0.3) is 0 Å². The number of oxime groups is 1. The van der Waals surface area contributed by atoms with Gasteiger partial charge in [-0.05, 0) is 18.2 Å². The van der Waals surface area contributed by atoms with Gasteiger partial charge in [0.15, 0.2) is 0 Å². The molecule has 0 aliphatic carbocycles. The third-order valence-electron chi connectivity index (χ3n) is 2.50. The average Bonchev–Trinajstić information content (AvgIpc) is 2.38. The highest BCUT2D eigenvalue weighted by molar-refractivity contribution is 6.31. The minimum Gasteiger partial charge on any atom is -0.399 e. The van der Waals surface area contributed by atoms with E-state index in [0.29, 0.717) is 16.4 Å². The van der Waals surface area contributed by atoms with E-state index in [1.165, 1.54) is 7.11 Å². The minimum atomic E-state index is 0.571. The van der Waals surface area contributed by atoms with Crippen LogP contribution in [0.1, 0.15) is 11.1 Å². The lowest BCUT2D eigenvalue weighted by Crippen LogP contribution is -2.07. The molecule has 92 valence electrons. The summed E-state index contributed by atoms with van der Waals surface area (Å²) in [5.41, 5.74) is 8.96. The van der Waals surface area contributed by atoms with Gasteiger partial charge in [0.2, 0.25) is 0 Å². The zero-order valence-corrected chi connectivity index (χ0v) is 10.7. The molecule has 0 fully saturated rings. The lowest BCUT2D eigenvalue weighted by atomic mass is 10.0. The molecular formula is C14H13ClN2O. The molecule has 0 aliphatic rings. The number of benzene rings is 2. The minimum absolute atomic E-state index is 0.571. The molecule has 2 N–H and O–H groups in total. The van der Waals surface area contributed by atoms with Crippen molar-refractivity contribution >= 4 is 23.0 Å². The third kappa shape index (κ3) is 2.63. The van der Waals surface area contributed by atoms with Crippen LogP contribution in [0.15, 0.2) is 53.7 Å². The van der Waals surface area contributed by atoms with Crippen LogP contribution in [0.5, 0.6) is 0 Å². The van der Waals surface area contributed by atoms with Gasteiger partial charge in [-0.15, -0.1) is 0 Å². The van der Waals surface area contributed by atoms with Gasteiger partial charge in [0.05, 0.1) is 0 Å². The van der Waals surface area contributed by atoms with Crippen molar-refractivity contribution in [1.82, 2.24) is 0 Å². The standard InChI is InChI=1S/C14H13ClN2O/c1-18-17-14(10-5-3-2-4-6-10)12-8-7-11(15)9-13(12)16/h2-9H,16H2,1H3/b17-14+. The fourth-order valence-electron chi connectivity index (χ4n) is 1.69. The molecule has 0 saturated carbocycles. The molecule has 0 heterocycles. The van der Waals surface area contributed by atoms with E-state index in [9.17, 15) is 0 Å². The van der Waals surface area contributed by atoms with E-state index in [1.807, 2.05) is 36.4 Å². The molecular weight excluding hydrogens is 248 g/mol. The molecule has 3 nitrogen and oxygen atoms in total. The number of hydrogen-bond donors (Lipinski definition) is 1. The second kappa shape index (κ2) is 5.56. The summed E-state index contributed by atoms with van der Waals surface area (Å²) < 4.78 is 0. The topological polar surface area (TPSA) is 47.6 Å². The monoisotopic (exact) mass is 260 g/mol. The number of nitrogens with two attached hydrogens (primary N) is 1. The maximum atomic E-state index is 5.97. The first-order valence-corrected chi connectivity index (χ1v) is 5.82. The second-order valence-electron chi connectivity index (χ2n) is 3.72. The Balaban J connectivity index is 2.53. The predicted octanol–water partition coefficient (Wildman–Crippen LogP) is 3.32. The Morgan fingerprint density at radius 1 is 1.17 bits per heavy atom. The van der Waals surface area contributed by atoms with E-state index in [1.54, 1.807) is 12.1 Å². The number of halogens is 1. The average molecular weight is 261 g/mol. The summed E-state index contributed by atoms with van der Waals surface area (Å²) >= 11 is 5.89. The quantitative estimate of drug-likeness (QED) is 0.523. The Hall–Kier alpha value is -2.00. The molecule has 0 saturated heterocycles. The second-order valence-corrected chi connectivity index (χ2v) is 4.16. The zero-order valence-electron chi connectivity index (χ0n) is 9.93. The van der Waals surface area contributed by atoms with Gasteiger partial charge >= 0.3 is 0 Å². The summed E-state index contributed by atoms with van der Waals surface area (Å²) in [4.78, 5) is 4.90. The van der Waals surface area contributed by atoms with Crippen LogP contribution in [0.3, 0.4) is 0 Å². The van der Waals surface area contributed by atoms with Crippen molar-refractivity contribution in [1.29, 1.82) is 0 Å². The summed E-state index contributed by atoms with van der Waals surface area (Å²) in [6.07, 6.45) is 0. The highest BCUT2D eigenvalue weighted by atomic mass is 35.5. The maximum Gasteiger partial charge on any atom is 0.119 e. The number of hydrogen-bond acceptors (Lipinski definition) is 3. The third-order valence-corrected chi connectivity index (χ3v) is 2.73. The molecule has 0 aliphatic heterocycles. The fraction of sp³-hybridized carbons (Fsp3) is 0.0714. The lowest BCUT2D eigenvalue weighted by molar-refractivity contribution is 0.214. The smallest absolute Gasteiger partial charge is 0.119 e. The van der Waals surface area contributed by atoms with Gasteiger partial charge in [-0.2, -0.15) is 0 Å². The van der Waals surface area contributed by atoms with Crippen LogP contribution in [0, 0.1) is 0 Å². The normalized spacial score (nSPS) is 11.3. The van der Waals surface area contributed by atoms with Crippen LogP contribution in [0.25, 0.3) is 0 Å². The molecule has 0 bridgehead atoms. The molecule has 4 heteroatoms. The Labute approximate surface area is 111 Å². The molecule has 0 spiro atoms. The maximum absolute atomic E-state index is 5.97. The number of nitrogen functional groups attached to an aromatic ring is 1. The van der Waals surface area contributed by atoms with Gasteiger partial charge in [0, 0.05) is 21.8 Å². The molecule has 2 aromatic rings. The van der Waals surface area contributed by atoms with Crippen molar-refractivity contribution in [2.75, 3.05) is 12.8 Å². The summed E-state index contributed by atoms with van der Waals surface area (Å²) in [5, 5.41) is 4.65. The van der Waals surface area contributed by atoms with Gasteiger partial charge < -0.3 is 10.6 Å². The molecule has 0 amide bonds. The largest absolute Gasteiger partial charge is 0.399 e. The summed E-state index contributed by atoms with van der Waals surface area (Å²) in [6.45, 7) is 0. The Morgan fingerprint density at radius 3 is 2.50 bits per heavy atom. The van der Waals surface area contributed by atoms with Crippen molar-refractivity contribution in [3.8, 4) is 0 Å². The van der Waals surface area contributed by atoms with Crippen LogP contribution in [-0.2, 0) is 4.84 Å². The number of rotatable bonds is 3. The van der Waals surface area contributed by atoms with Gasteiger partial charge in [0.1, 0.15) is 12.8 Å². The van der Waals surface area contributed by atoms with Gasteiger partial charge in [-0.3, -0.25) is 0 Å².